The molecule has 0 amide bonds. The second kappa shape index (κ2) is 7.24. The number of methoxy groups -OCH3 is 1. The Hall–Kier alpha value is -2.34. The third kappa shape index (κ3) is 3.30. The summed E-state index contributed by atoms with van der Waals surface area (Å²) in [4.78, 5) is 6.69. The van der Waals surface area contributed by atoms with Crippen molar-refractivity contribution in [3.63, 3.8) is 0 Å². The van der Waals surface area contributed by atoms with Gasteiger partial charge in [-0.05, 0) is 42.2 Å². The molecule has 0 radical (unpaired) electrons. The fourth-order valence-corrected chi connectivity index (χ4v) is 5.83. The Morgan fingerprint density at radius 2 is 1.89 bits per heavy atom. The lowest BCUT2D eigenvalue weighted by atomic mass is 10.0. The SMILES string of the molecule is COc1ccc(S(=O)(=O)N2CC3CN(c4ccc(C#N)cn4)CC3C2)cc1Cl. The molecule has 7 nitrogen and oxygen atoms in total. The van der Waals surface area contributed by atoms with Gasteiger partial charge in [0.2, 0.25) is 10.0 Å². The average molecular weight is 419 g/mol. The van der Waals surface area contributed by atoms with Crippen LogP contribution < -0.4 is 9.64 Å². The number of halogens is 1. The summed E-state index contributed by atoms with van der Waals surface area (Å²) in [6, 6.07) is 10.2. The van der Waals surface area contributed by atoms with Crippen LogP contribution in [0.2, 0.25) is 5.02 Å². The second-order valence-electron chi connectivity index (χ2n) is 7.06. The van der Waals surface area contributed by atoms with Crippen LogP contribution in [0.4, 0.5) is 5.82 Å². The number of nitrogens with zero attached hydrogens (tertiary/aromatic N) is 4. The van der Waals surface area contributed by atoms with Crippen molar-refractivity contribution in [1.82, 2.24) is 9.29 Å². The highest BCUT2D eigenvalue weighted by Gasteiger charge is 2.44. The summed E-state index contributed by atoms with van der Waals surface area (Å²) in [6.45, 7) is 2.45. The Balaban J connectivity index is 1.47. The second-order valence-corrected chi connectivity index (χ2v) is 9.41. The molecule has 2 fully saturated rings. The summed E-state index contributed by atoms with van der Waals surface area (Å²) < 4.78 is 32.7. The number of hydrogen-bond donors (Lipinski definition) is 0. The van der Waals surface area contributed by atoms with Crippen LogP contribution in [0.3, 0.4) is 0 Å². The lowest BCUT2D eigenvalue weighted by Crippen LogP contribution is -2.33. The zero-order chi connectivity index (χ0) is 19.9. The van der Waals surface area contributed by atoms with Crippen molar-refractivity contribution in [2.75, 3.05) is 38.2 Å². The molecule has 2 unspecified atom stereocenters. The van der Waals surface area contributed by atoms with Crippen LogP contribution in [0.5, 0.6) is 5.75 Å². The van der Waals surface area contributed by atoms with E-state index in [0.29, 0.717) is 24.4 Å². The molecular formula is C19H19ClN4O3S. The molecule has 4 rings (SSSR count). The van der Waals surface area contributed by atoms with Gasteiger partial charge in [-0.1, -0.05) is 11.6 Å². The van der Waals surface area contributed by atoms with Crippen LogP contribution in [0, 0.1) is 23.2 Å². The van der Waals surface area contributed by atoms with E-state index in [-0.39, 0.29) is 21.8 Å². The van der Waals surface area contributed by atoms with Crippen LogP contribution in [-0.2, 0) is 10.0 Å². The van der Waals surface area contributed by atoms with E-state index >= 15 is 0 Å². The molecule has 0 saturated carbocycles. The fraction of sp³-hybridized carbons (Fsp3) is 0.368. The van der Waals surface area contributed by atoms with Gasteiger partial charge in [-0.2, -0.15) is 9.57 Å². The summed E-state index contributed by atoms with van der Waals surface area (Å²) in [5.74, 6) is 1.77. The largest absolute Gasteiger partial charge is 0.495 e. The minimum Gasteiger partial charge on any atom is -0.495 e. The smallest absolute Gasteiger partial charge is 0.243 e. The van der Waals surface area contributed by atoms with Gasteiger partial charge in [0.25, 0.3) is 0 Å². The molecule has 2 saturated heterocycles. The average Bonchev–Trinajstić information content (AvgIpc) is 3.27. The zero-order valence-electron chi connectivity index (χ0n) is 15.2. The number of nitriles is 1. The Labute approximate surface area is 169 Å². The van der Waals surface area contributed by atoms with Gasteiger partial charge in [0.05, 0.1) is 22.6 Å². The van der Waals surface area contributed by atoms with Crippen molar-refractivity contribution in [3.05, 3.63) is 47.1 Å². The van der Waals surface area contributed by atoms with Crippen molar-refractivity contribution >= 4 is 27.4 Å². The third-order valence-electron chi connectivity index (χ3n) is 5.41. The van der Waals surface area contributed by atoms with E-state index in [0.717, 1.165) is 18.9 Å². The van der Waals surface area contributed by atoms with E-state index in [1.807, 2.05) is 6.07 Å². The molecule has 28 heavy (non-hydrogen) atoms. The highest BCUT2D eigenvalue weighted by atomic mass is 35.5. The number of fused-ring (bicyclic) bond motifs is 1. The van der Waals surface area contributed by atoms with Gasteiger partial charge < -0.3 is 9.64 Å². The van der Waals surface area contributed by atoms with Crippen molar-refractivity contribution in [2.45, 2.75) is 4.90 Å². The summed E-state index contributed by atoms with van der Waals surface area (Å²) in [5.41, 5.74) is 0.526. The first kappa shape index (κ1) is 19.0. The van der Waals surface area contributed by atoms with Gasteiger partial charge in [-0.25, -0.2) is 13.4 Å². The van der Waals surface area contributed by atoms with E-state index in [9.17, 15) is 8.42 Å². The van der Waals surface area contributed by atoms with Crippen LogP contribution in [-0.4, -0.2) is 51.0 Å². The number of pyridine rings is 1. The number of benzene rings is 1. The van der Waals surface area contributed by atoms with E-state index in [2.05, 4.69) is 16.0 Å². The normalized spacial score (nSPS) is 22.1. The number of sulfonamides is 1. The van der Waals surface area contributed by atoms with Gasteiger partial charge in [0, 0.05) is 32.4 Å². The summed E-state index contributed by atoms with van der Waals surface area (Å²) in [7, 11) is -2.10. The Kier molecular flexibility index (Phi) is 4.91. The lowest BCUT2D eigenvalue weighted by Gasteiger charge is -2.22. The molecule has 1 aromatic heterocycles. The quantitative estimate of drug-likeness (QED) is 0.757. The minimum atomic E-state index is -3.60. The molecule has 2 aliphatic heterocycles. The van der Waals surface area contributed by atoms with E-state index in [4.69, 9.17) is 21.6 Å². The Bertz CT molecular complexity index is 1020. The van der Waals surface area contributed by atoms with Crippen LogP contribution in [0.25, 0.3) is 0 Å². The fourth-order valence-electron chi connectivity index (χ4n) is 3.93. The first-order valence-electron chi connectivity index (χ1n) is 8.87. The van der Waals surface area contributed by atoms with Crippen LogP contribution >= 0.6 is 11.6 Å². The lowest BCUT2D eigenvalue weighted by molar-refractivity contribution is 0.414. The highest BCUT2D eigenvalue weighted by molar-refractivity contribution is 7.89. The van der Waals surface area contributed by atoms with Gasteiger partial charge in [0.15, 0.2) is 0 Å². The Morgan fingerprint density at radius 3 is 2.43 bits per heavy atom. The molecule has 146 valence electrons. The van der Waals surface area contributed by atoms with E-state index in [1.54, 1.807) is 22.6 Å². The number of ether oxygens (including phenoxy) is 1. The minimum absolute atomic E-state index is 0.184. The maximum absolute atomic E-state index is 13.0. The summed E-state index contributed by atoms with van der Waals surface area (Å²) in [6.07, 6.45) is 1.56. The first-order chi connectivity index (χ1) is 13.4. The summed E-state index contributed by atoms with van der Waals surface area (Å²) >= 11 is 6.10. The maximum Gasteiger partial charge on any atom is 0.243 e. The van der Waals surface area contributed by atoms with Crippen molar-refractivity contribution < 1.29 is 13.2 Å². The standard InChI is InChI=1S/C19H19ClN4O3S/c1-27-18-4-3-16(6-17(18)20)28(25,26)24-11-14-9-23(10-15(14)12-24)19-5-2-13(7-21)8-22-19/h2-6,8,14-15H,9-12H2,1H3. The number of rotatable bonds is 4. The molecule has 2 atom stereocenters. The third-order valence-corrected chi connectivity index (χ3v) is 7.54. The molecule has 2 aliphatic rings. The topological polar surface area (TPSA) is 86.5 Å². The number of aromatic nitrogens is 1. The maximum atomic E-state index is 13.0. The Morgan fingerprint density at radius 1 is 1.18 bits per heavy atom. The molecule has 0 N–H and O–H groups in total. The number of hydrogen-bond acceptors (Lipinski definition) is 6. The monoisotopic (exact) mass is 418 g/mol. The first-order valence-corrected chi connectivity index (χ1v) is 10.7. The molecule has 0 bridgehead atoms. The highest BCUT2D eigenvalue weighted by Crippen LogP contribution is 2.37. The summed E-state index contributed by atoms with van der Waals surface area (Å²) in [5, 5.41) is 9.17. The van der Waals surface area contributed by atoms with E-state index < -0.39 is 10.0 Å². The predicted octanol–water partition coefficient (Wildman–Crippen LogP) is 2.37. The van der Waals surface area contributed by atoms with Gasteiger partial charge >= 0.3 is 0 Å². The van der Waals surface area contributed by atoms with Crippen molar-refractivity contribution in [3.8, 4) is 11.8 Å². The molecule has 2 aromatic rings. The van der Waals surface area contributed by atoms with Gasteiger partial charge in [-0.3, -0.25) is 0 Å². The molecular weight excluding hydrogens is 400 g/mol. The molecule has 9 heteroatoms. The predicted molar refractivity (Wildman–Crippen MR) is 105 cm³/mol. The van der Waals surface area contributed by atoms with Crippen LogP contribution in [0.15, 0.2) is 41.4 Å². The molecule has 0 spiro atoms. The number of anilines is 1. The zero-order valence-corrected chi connectivity index (χ0v) is 16.8. The van der Waals surface area contributed by atoms with E-state index in [1.165, 1.54) is 19.2 Å². The molecule has 3 heterocycles. The van der Waals surface area contributed by atoms with Gasteiger partial charge in [-0.15, -0.1) is 0 Å². The van der Waals surface area contributed by atoms with Crippen molar-refractivity contribution in [1.29, 1.82) is 5.26 Å². The van der Waals surface area contributed by atoms with Gasteiger partial charge in [0.1, 0.15) is 17.6 Å². The van der Waals surface area contributed by atoms with Crippen molar-refractivity contribution in [2.24, 2.45) is 11.8 Å². The molecule has 0 aliphatic carbocycles. The van der Waals surface area contributed by atoms with Crippen LogP contribution in [0.1, 0.15) is 5.56 Å². The molecule has 1 aromatic carbocycles.